The molecular formula is C15H14FN3O. The molecule has 0 unspecified atom stereocenters. The highest BCUT2D eigenvalue weighted by Gasteiger charge is 2.11. The van der Waals surface area contributed by atoms with Gasteiger partial charge in [0.2, 0.25) is 0 Å². The fraction of sp³-hybridized carbons (Fsp3) is 0.200. The van der Waals surface area contributed by atoms with Gasteiger partial charge in [0.15, 0.2) is 0 Å². The zero-order valence-corrected chi connectivity index (χ0v) is 11.5. The third-order valence-corrected chi connectivity index (χ3v) is 2.88. The highest BCUT2D eigenvalue weighted by Crippen LogP contribution is 2.26. The van der Waals surface area contributed by atoms with Crippen LogP contribution < -0.4 is 10.1 Å². The largest absolute Gasteiger partial charge is 0.497 e. The quantitative estimate of drug-likeness (QED) is 0.928. The van der Waals surface area contributed by atoms with E-state index in [-0.39, 0.29) is 5.69 Å². The van der Waals surface area contributed by atoms with Gasteiger partial charge in [-0.2, -0.15) is 5.26 Å². The molecule has 2 aromatic rings. The van der Waals surface area contributed by atoms with E-state index in [1.807, 2.05) is 19.9 Å². The Bertz CT molecular complexity index is 692. The minimum absolute atomic E-state index is 0.221. The molecule has 1 aromatic carbocycles. The molecule has 102 valence electrons. The van der Waals surface area contributed by atoms with E-state index in [9.17, 15) is 9.65 Å². The SMILES string of the molecule is COc1ccc(F)c(Nc2nc(C)cc(C)c2C#N)c1. The van der Waals surface area contributed by atoms with Gasteiger partial charge in [-0.1, -0.05) is 0 Å². The minimum Gasteiger partial charge on any atom is -0.497 e. The van der Waals surface area contributed by atoms with E-state index in [1.54, 1.807) is 0 Å². The van der Waals surface area contributed by atoms with Crippen molar-refractivity contribution in [2.75, 3.05) is 12.4 Å². The molecule has 0 atom stereocenters. The molecule has 20 heavy (non-hydrogen) atoms. The molecule has 1 N–H and O–H groups in total. The van der Waals surface area contributed by atoms with Crippen LogP contribution in [0.15, 0.2) is 24.3 Å². The maximum Gasteiger partial charge on any atom is 0.148 e. The first-order chi connectivity index (χ1) is 9.55. The summed E-state index contributed by atoms with van der Waals surface area (Å²) in [4.78, 5) is 4.26. The van der Waals surface area contributed by atoms with Crippen molar-refractivity contribution >= 4 is 11.5 Å². The highest BCUT2D eigenvalue weighted by atomic mass is 19.1. The summed E-state index contributed by atoms with van der Waals surface area (Å²) in [5.41, 5.74) is 2.18. The summed E-state index contributed by atoms with van der Waals surface area (Å²) in [5.74, 6) is 0.435. The Morgan fingerprint density at radius 3 is 2.70 bits per heavy atom. The van der Waals surface area contributed by atoms with Crippen LogP contribution in [0.25, 0.3) is 0 Å². The van der Waals surface area contributed by atoms with E-state index in [0.29, 0.717) is 17.1 Å². The van der Waals surface area contributed by atoms with E-state index >= 15 is 0 Å². The lowest BCUT2D eigenvalue weighted by Gasteiger charge is -2.12. The van der Waals surface area contributed by atoms with Crippen LogP contribution in [-0.4, -0.2) is 12.1 Å². The average molecular weight is 271 g/mol. The van der Waals surface area contributed by atoms with E-state index < -0.39 is 5.82 Å². The number of ether oxygens (including phenoxy) is 1. The van der Waals surface area contributed by atoms with Gasteiger partial charge >= 0.3 is 0 Å². The summed E-state index contributed by atoms with van der Waals surface area (Å²) in [5, 5.41) is 12.0. The van der Waals surface area contributed by atoms with Crippen molar-refractivity contribution in [1.29, 1.82) is 5.26 Å². The topological polar surface area (TPSA) is 57.9 Å². The van der Waals surface area contributed by atoms with Crippen molar-refractivity contribution in [3.63, 3.8) is 0 Å². The third kappa shape index (κ3) is 2.69. The first-order valence-corrected chi connectivity index (χ1v) is 6.04. The second kappa shape index (κ2) is 5.57. The predicted molar refractivity (Wildman–Crippen MR) is 74.7 cm³/mol. The summed E-state index contributed by atoms with van der Waals surface area (Å²) in [6, 6.07) is 8.25. The van der Waals surface area contributed by atoms with Crippen LogP contribution in [0.1, 0.15) is 16.8 Å². The standard InChI is InChI=1S/C15H14FN3O/c1-9-6-10(2)18-15(12(9)8-17)19-14-7-11(20-3)4-5-13(14)16/h4-7H,1-3H3,(H,18,19). The molecule has 1 aromatic heterocycles. The average Bonchev–Trinajstić information content (AvgIpc) is 2.41. The zero-order chi connectivity index (χ0) is 14.7. The molecule has 1 heterocycles. The first-order valence-electron chi connectivity index (χ1n) is 6.04. The Morgan fingerprint density at radius 2 is 2.05 bits per heavy atom. The van der Waals surface area contributed by atoms with Crippen LogP contribution in [0.5, 0.6) is 5.75 Å². The number of nitriles is 1. The second-order valence-electron chi connectivity index (χ2n) is 4.39. The molecule has 5 heteroatoms. The molecule has 0 spiro atoms. The van der Waals surface area contributed by atoms with Gasteiger partial charge < -0.3 is 10.1 Å². The number of rotatable bonds is 3. The van der Waals surface area contributed by atoms with Gasteiger partial charge in [-0.05, 0) is 37.6 Å². The van der Waals surface area contributed by atoms with E-state index in [2.05, 4.69) is 16.4 Å². The molecule has 0 radical (unpaired) electrons. The molecule has 0 bridgehead atoms. The number of nitrogens with one attached hydrogen (secondary N) is 1. The number of aryl methyl sites for hydroxylation is 2. The fourth-order valence-corrected chi connectivity index (χ4v) is 1.92. The van der Waals surface area contributed by atoms with E-state index in [1.165, 1.54) is 25.3 Å². The lowest BCUT2D eigenvalue weighted by atomic mass is 10.1. The third-order valence-electron chi connectivity index (χ3n) is 2.88. The minimum atomic E-state index is -0.435. The molecule has 2 rings (SSSR count). The number of nitrogens with zero attached hydrogens (tertiary/aromatic N) is 2. The highest BCUT2D eigenvalue weighted by molar-refractivity contribution is 5.66. The number of benzene rings is 1. The van der Waals surface area contributed by atoms with Crippen LogP contribution in [0.2, 0.25) is 0 Å². The van der Waals surface area contributed by atoms with Crippen LogP contribution in [0.3, 0.4) is 0 Å². The lowest BCUT2D eigenvalue weighted by Crippen LogP contribution is -2.02. The lowest BCUT2D eigenvalue weighted by molar-refractivity contribution is 0.414. The van der Waals surface area contributed by atoms with Crippen LogP contribution in [0.4, 0.5) is 15.9 Å². The Kier molecular flexibility index (Phi) is 3.85. The van der Waals surface area contributed by atoms with Crippen molar-refractivity contribution in [3.8, 4) is 11.8 Å². The zero-order valence-electron chi connectivity index (χ0n) is 11.5. The number of anilines is 2. The molecule has 0 aliphatic carbocycles. The molecule has 0 amide bonds. The van der Waals surface area contributed by atoms with Gasteiger partial charge in [-0.15, -0.1) is 0 Å². The van der Waals surface area contributed by atoms with Crippen LogP contribution in [0, 0.1) is 31.0 Å². The van der Waals surface area contributed by atoms with Gasteiger partial charge in [0.25, 0.3) is 0 Å². The Balaban J connectivity index is 2.47. The molecule has 0 fully saturated rings. The molecule has 4 nitrogen and oxygen atoms in total. The first kappa shape index (κ1) is 13.8. The number of hydrogen-bond donors (Lipinski definition) is 1. The molecular weight excluding hydrogens is 257 g/mol. The Labute approximate surface area is 116 Å². The van der Waals surface area contributed by atoms with Crippen LogP contribution >= 0.6 is 0 Å². The predicted octanol–water partition coefficient (Wildman–Crippen LogP) is 3.46. The normalized spacial score (nSPS) is 9.95. The van der Waals surface area contributed by atoms with Gasteiger partial charge in [-0.3, -0.25) is 0 Å². The Hall–Kier alpha value is -2.61. The second-order valence-corrected chi connectivity index (χ2v) is 4.39. The van der Waals surface area contributed by atoms with Crippen molar-refractivity contribution < 1.29 is 9.13 Å². The summed E-state index contributed by atoms with van der Waals surface area (Å²) >= 11 is 0. The number of pyridine rings is 1. The molecule has 0 saturated carbocycles. The van der Waals surface area contributed by atoms with Gasteiger partial charge in [0.05, 0.1) is 18.4 Å². The number of aromatic nitrogens is 1. The summed E-state index contributed by atoms with van der Waals surface area (Å²) in [6.07, 6.45) is 0. The number of methoxy groups -OCH3 is 1. The molecule has 0 aliphatic heterocycles. The van der Waals surface area contributed by atoms with E-state index in [4.69, 9.17) is 4.74 Å². The maximum absolute atomic E-state index is 13.8. The summed E-state index contributed by atoms with van der Waals surface area (Å²) in [6.45, 7) is 3.64. The maximum atomic E-state index is 13.8. The van der Waals surface area contributed by atoms with Crippen molar-refractivity contribution in [2.24, 2.45) is 0 Å². The van der Waals surface area contributed by atoms with E-state index in [0.717, 1.165) is 11.3 Å². The van der Waals surface area contributed by atoms with Crippen molar-refractivity contribution in [1.82, 2.24) is 4.98 Å². The monoisotopic (exact) mass is 271 g/mol. The fourth-order valence-electron chi connectivity index (χ4n) is 1.92. The van der Waals surface area contributed by atoms with Gasteiger partial charge in [0.1, 0.15) is 23.5 Å². The summed E-state index contributed by atoms with van der Waals surface area (Å²) in [7, 11) is 1.51. The van der Waals surface area contributed by atoms with Crippen molar-refractivity contribution in [3.05, 3.63) is 46.9 Å². The number of halogens is 1. The number of hydrogen-bond acceptors (Lipinski definition) is 4. The Morgan fingerprint density at radius 1 is 1.30 bits per heavy atom. The smallest absolute Gasteiger partial charge is 0.148 e. The summed E-state index contributed by atoms with van der Waals surface area (Å²) < 4.78 is 18.9. The van der Waals surface area contributed by atoms with Gasteiger partial charge in [-0.25, -0.2) is 9.37 Å². The van der Waals surface area contributed by atoms with Crippen LogP contribution in [-0.2, 0) is 0 Å². The molecule has 0 saturated heterocycles. The molecule has 0 aliphatic rings. The van der Waals surface area contributed by atoms with Crippen molar-refractivity contribution in [2.45, 2.75) is 13.8 Å². The van der Waals surface area contributed by atoms with Gasteiger partial charge in [0, 0.05) is 11.8 Å².